The van der Waals surface area contributed by atoms with Gasteiger partial charge in [0.2, 0.25) is 0 Å². The van der Waals surface area contributed by atoms with Crippen LogP contribution < -0.4 is 10.3 Å². The van der Waals surface area contributed by atoms with Crippen LogP contribution in [0.3, 0.4) is 0 Å². The SMILES string of the molecule is O=C(c1ccc(-c2ccco2)[nH]c1=O)N1CCOc2ccccc2C1. The van der Waals surface area contributed by atoms with Crippen LogP contribution in [0.1, 0.15) is 15.9 Å². The zero-order valence-electron chi connectivity index (χ0n) is 13.4. The first kappa shape index (κ1) is 15.3. The smallest absolute Gasteiger partial charge is 0.261 e. The van der Waals surface area contributed by atoms with Gasteiger partial charge in [-0.05, 0) is 30.3 Å². The number of aromatic nitrogens is 1. The second-order valence-electron chi connectivity index (χ2n) is 5.78. The third-order valence-electron chi connectivity index (χ3n) is 4.17. The van der Waals surface area contributed by atoms with E-state index in [9.17, 15) is 9.59 Å². The van der Waals surface area contributed by atoms with Crippen molar-refractivity contribution in [1.29, 1.82) is 0 Å². The van der Waals surface area contributed by atoms with Gasteiger partial charge in [-0.15, -0.1) is 0 Å². The molecular formula is C19H16N2O4. The second-order valence-corrected chi connectivity index (χ2v) is 5.78. The van der Waals surface area contributed by atoms with E-state index in [1.54, 1.807) is 23.1 Å². The Morgan fingerprint density at radius 3 is 2.76 bits per heavy atom. The molecule has 1 aliphatic rings. The third kappa shape index (κ3) is 2.94. The van der Waals surface area contributed by atoms with Crippen molar-refractivity contribution < 1.29 is 13.9 Å². The lowest BCUT2D eigenvalue weighted by Crippen LogP contribution is -2.35. The number of amides is 1. The van der Waals surface area contributed by atoms with Gasteiger partial charge in [-0.25, -0.2) is 0 Å². The number of ether oxygens (including phenoxy) is 1. The number of carbonyl (C=O) groups excluding carboxylic acids is 1. The number of fused-ring (bicyclic) bond motifs is 1. The van der Waals surface area contributed by atoms with Crippen LogP contribution in [0.25, 0.3) is 11.5 Å². The molecule has 1 N–H and O–H groups in total. The molecule has 1 amide bonds. The first-order chi connectivity index (χ1) is 12.2. The van der Waals surface area contributed by atoms with Crippen LogP contribution >= 0.6 is 0 Å². The minimum atomic E-state index is -0.433. The molecule has 4 rings (SSSR count). The van der Waals surface area contributed by atoms with E-state index < -0.39 is 5.56 Å². The summed E-state index contributed by atoms with van der Waals surface area (Å²) in [6.45, 7) is 1.23. The number of carbonyl (C=O) groups is 1. The average Bonchev–Trinajstić information content (AvgIpc) is 3.07. The molecule has 3 heterocycles. The van der Waals surface area contributed by atoms with Crippen molar-refractivity contribution in [2.75, 3.05) is 13.2 Å². The monoisotopic (exact) mass is 336 g/mol. The molecule has 0 aliphatic carbocycles. The standard InChI is InChI=1S/C19H16N2O4/c22-18-14(7-8-15(20-18)17-6-3-10-24-17)19(23)21-9-11-25-16-5-2-1-4-13(16)12-21/h1-8,10H,9,11-12H2,(H,20,22). The first-order valence-electron chi connectivity index (χ1n) is 7.99. The van der Waals surface area contributed by atoms with Gasteiger partial charge in [0.15, 0.2) is 0 Å². The van der Waals surface area contributed by atoms with Crippen LogP contribution in [0, 0.1) is 0 Å². The molecule has 6 heteroatoms. The quantitative estimate of drug-likeness (QED) is 0.781. The highest BCUT2D eigenvalue weighted by molar-refractivity contribution is 5.94. The highest BCUT2D eigenvalue weighted by Gasteiger charge is 2.23. The maximum Gasteiger partial charge on any atom is 0.261 e. The van der Waals surface area contributed by atoms with E-state index in [1.807, 2.05) is 24.3 Å². The number of nitrogens with zero attached hydrogens (tertiary/aromatic N) is 1. The Balaban J connectivity index is 1.62. The molecule has 0 fully saturated rings. The summed E-state index contributed by atoms with van der Waals surface area (Å²) >= 11 is 0. The van der Waals surface area contributed by atoms with Gasteiger partial charge in [0.1, 0.15) is 23.7 Å². The molecule has 0 unspecified atom stereocenters. The van der Waals surface area contributed by atoms with E-state index in [4.69, 9.17) is 9.15 Å². The third-order valence-corrected chi connectivity index (χ3v) is 4.17. The molecule has 0 atom stereocenters. The van der Waals surface area contributed by atoms with E-state index in [1.165, 1.54) is 12.3 Å². The Labute approximate surface area is 143 Å². The number of hydrogen-bond donors (Lipinski definition) is 1. The lowest BCUT2D eigenvalue weighted by atomic mass is 10.1. The van der Waals surface area contributed by atoms with Gasteiger partial charge in [0.25, 0.3) is 11.5 Å². The number of para-hydroxylation sites is 1. The highest BCUT2D eigenvalue weighted by atomic mass is 16.5. The van der Waals surface area contributed by atoms with Crippen LogP contribution in [-0.2, 0) is 6.54 Å². The second kappa shape index (κ2) is 6.32. The zero-order valence-corrected chi connectivity index (χ0v) is 13.4. The normalized spacial score (nSPS) is 13.7. The fraction of sp³-hybridized carbons (Fsp3) is 0.158. The molecule has 6 nitrogen and oxygen atoms in total. The Bertz CT molecular complexity index is 960. The molecule has 3 aromatic rings. The number of H-pyrrole nitrogens is 1. The van der Waals surface area contributed by atoms with Gasteiger partial charge in [0.05, 0.1) is 18.5 Å². The van der Waals surface area contributed by atoms with Crippen molar-refractivity contribution >= 4 is 5.91 Å². The molecule has 0 spiro atoms. The lowest BCUT2D eigenvalue weighted by Gasteiger charge is -2.19. The minimum Gasteiger partial charge on any atom is -0.491 e. The lowest BCUT2D eigenvalue weighted by molar-refractivity contribution is 0.0731. The van der Waals surface area contributed by atoms with E-state index in [0.717, 1.165) is 11.3 Å². The number of furan rings is 1. The maximum absolute atomic E-state index is 12.8. The topological polar surface area (TPSA) is 75.5 Å². The molecule has 0 bridgehead atoms. The summed E-state index contributed by atoms with van der Waals surface area (Å²) in [7, 11) is 0. The van der Waals surface area contributed by atoms with Crippen molar-refractivity contribution in [1.82, 2.24) is 9.88 Å². The number of aromatic amines is 1. The highest BCUT2D eigenvalue weighted by Crippen LogP contribution is 2.23. The van der Waals surface area contributed by atoms with Crippen LogP contribution in [0.4, 0.5) is 0 Å². The molecule has 126 valence electrons. The van der Waals surface area contributed by atoms with E-state index >= 15 is 0 Å². The predicted octanol–water partition coefficient (Wildman–Crippen LogP) is 2.67. The van der Waals surface area contributed by atoms with E-state index in [-0.39, 0.29) is 11.5 Å². The molecule has 0 saturated heterocycles. The number of benzene rings is 1. The fourth-order valence-electron chi connectivity index (χ4n) is 2.89. The molecule has 1 aromatic carbocycles. The Kier molecular flexibility index (Phi) is 3.85. The summed E-state index contributed by atoms with van der Waals surface area (Å²) in [5.41, 5.74) is 1.14. The summed E-state index contributed by atoms with van der Waals surface area (Å²) in [6.07, 6.45) is 1.53. The average molecular weight is 336 g/mol. The van der Waals surface area contributed by atoms with E-state index in [0.29, 0.717) is 31.2 Å². The number of pyridine rings is 1. The Hall–Kier alpha value is -3.28. The summed E-state index contributed by atoms with van der Waals surface area (Å²) in [5.74, 6) is 1.01. The largest absolute Gasteiger partial charge is 0.491 e. The van der Waals surface area contributed by atoms with Gasteiger partial charge >= 0.3 is 0 Å². The van der Waals surface area contributed by atoms with Crippen molar-refractivity contribution in [3.8, 4) is 17.2 Å². The van der Waals surface area contributed by atoms with Gasteiger partial charge in [-0.3, -0.25) is 9.59 Å². The number of hydrogen-bond acceptors (Lipinski definition) is 4. The molecule has 0 saturated carbocycles. The molecular weight excluding hydrogens is 320 g/mol. The van der Waals surface area contributed by atoms with Crippen molar-refractivity contribution in [3.63, 3.8) is 0 Å². The number of rotatable bonds is 2. The summed E-state index contributed by atoms with van der Waals surface area (Å²) in [4.78, 5) is 29.5. The molecule has 25 heavy (non-hydrogen) atoms. The predicted molar refractivity (Wildman–Crippen MR) is 91.4 cm³/mol. The zero-order chi connectivity index (χ0) is 17.2. The van der Waals surface area contributed by atoms with Crippen LogP contribution in [0.15, 0.2) is 64.0 Å². The van der Waals surface area contributed by atoms with Crippen molar-refractivity contribution in [2.45, 2.75) is 6.54 Å². The Morgan fingerprint density at radius 1 is 1.08 bits per heavy atom. The van der Waals surface area contributed by atoms with Crippen molar-refractivity contribution in [2.24, 2.45) is 0 Å². The van der Waals surface area contributed by atoms with Crippen LogP contribution in [-0.4, -0.2) is 28.9 Å². The molecule has 2 aromatic heterocycles. The van der Waals surface area contributed by atoms with Crippen molar-refractivity contribution in [3.05, 3.63) is 76.3 Å². The molecule has 1 aliphatic heterocycles. The van der Waals surface area contributed by atoms with Crippen LogP contribution in [0.2, 0.25) is 0 Å². The first-order valence-corrected chi connectivity index (χ1v) is 7.99. The maximum atomic E-state index is 12.8. The van der Waals surface area contributed by atoms with Gasteiger partial charge < -0.3 is 19.0 Å². The van der Waals surface area contributed by atoms with Gasteiger partial charge in [-0.2, -0.15) is 0 Å². The molecule has 0 radical (unpaired) electrons. The minimum absolute atomic E-state index is 0.106. The van der Waals surface area contributed by atoms with Gasteiger partial charge in [-0.1, -0.05) is 18.2 Å². The van der Waals surface area contributed by atoms with Crippen LogP contribution in [0.5, 0.6) is 5.75 Å². The summed E-state index contributed by atoms with van der Waals surface area (Å²) in [6, 6.07) is 14.3. The summed E-state index contributed by atoms with van der Waals surface area (Å²) in [5, 5.41) is 0. The summed E-state index contributed by atoms with van der Waals surface area (Å²) < 4.78 is 10.9. The number of nitrogens with one attached hydrogen (secondary N) is 1. The van der Waals surface area contributed by atoms with E-state index in [2.05, 4.69) is 4.98 Å². The Morgan fingerprint density at radius 2 is 1.96 bits per heavy atom. The van der Waals surface area contributed by atoms with Gasteiger partial charge in [0, 0.05) is 12.1 Å². The fourth-order valence-corrected chi connectivity index (χ4v) is 2.89.